The van der Waals surface area contributed by atoms with Crippen LogP contribution in [0.25, 0.3) is 0 Å². The lowest BCUT2D eigenvalue weighted by molar-refractivity contribution is -0.148. The van der Waals surface area contributed by atoms with E-state index < -0.39 is 12.7 Å². The fourth-order valence-corrected chi connectivity index (χ4v) is 3.54. The summed E-state index contributed by atoms with van der Waals surface area (Å²) in [5.74, 6) is 1.74. The van der Waals surface area contributed by atoms with Crippen molar-refractivity contribution in [3.8, 4) is 0 Å². The van der Waals surface area contributed by atoms with Gasteiger partial charge in [-0.1, -0.05) is 13.8 Å². The number of nitrogens with zero attached hydrogens (tertiary/aromatic N) is 2. The highest BCUT2D eigenvalue weighted by Gasteiger charge is 2.32. The van der Waals surface area contributed by atoms with Gasteiger partial charge in [0, 0.05) is 26.2 Å². The molecular weight excluding hydrogens is 496 g/mol. The minimum Gasteiger partial charge on any atom is -0.378 e. The van der Waals surface area contributed by atoms with Gasteiger partial charge < -0.3 is 15.4 Å². The second-order valence-electron chi connectivity index (χ2n) is 7.84. The Labute approximate surface area is 191 Å². The van der Waals surface area contributed by atoms with Crippen LogP contribution in [0.5, 0.6) is 0 Å². The monoisotopic (exact) mass is 536 g/mol. The third kappa shape index (κ3) is 13.6. The number of ether oxygens (including phenoxy) is 1. The van der Waals surface area contributed by atoms with Crippen molar-refractivity contribution in [1.82, 2.24) is 15.5 Å². The summed E-state index contributed by atoms with van der Waals surface area (Å²) in [5, 5.41) is 6.61. The van der Waals surface area contributed by atoms with Crippen LogP contribution in [0.3, 0.4) is 0 Å². The smallest absolute Gasteiger partial charge is 0.378 e. The molecule has 0 radical (unpaired) electrons. The summed E-state index contributed by atoms with van der Waals surface area (Å²) in [6, 6.07) is 0. The lowest BCUT2D eigenvalue weighted by Gasteiger charge is -2.32. The Morgan fingerprint density at radius 2 is 1.83 bits per heavy atom. The van der Waals surface area contributed by atoms with Crippen molar-refractivity contribution in [1.29, 1.82) is 0 Å². The van der Waals surface area contributed by atoms with Crippen LogP contribution in [-0.2, 0) is 4.74 Å². The van der Waals surface area contributed by atoms with E-state index in [0.717, 1.165) is 51.3 Å². The molecule has 2 N–H and O–H groups in total. The maximum absolute atomic E-state index is 12.5. The molecule has 1 saturated heterocycles. The second kappa shape index (κ2) is 15.5. The maximum Gasteiger partial charge on any atom is 0.401 e. The van der Waals surface area contributed by atoms with Crippen LogP contribution in [0.1, 0.15) is 53.4 Å². The van der Waals surface area contributed by atoms with Gasteiger partial charge in [0.1, 0.15) is 0 Å². The number of nitrogens with one attached hydrogen (secondary N) is 2. The first-order valence-corrected chi connectivity index (χ1v) is 10.7. The summed E-state index contributed by atoms with van der Waals surface area (Å²) < 4.78 is 43.1. The average molecular weight is 536 g/mol. The van der Waals surface area contributed by atoms with Crippen molar-refractivity contribution >= 4 is 29.9 Å². The molecule has 0 amide bonds. The van der Waals surface area contributed by atoms with E-state index in [1.807, 2.05) is 13.8 Å². The summed E-state index contributed by atoms with van der Waals surface area (Å²) in [7, 11) is 0. The molecule has 1 rings (SSSR count). The molecule has 0 saturated carbocycles. The van der Waals surface area contributed by atoms with Crippen LogP contribution in [0.2, 0.25) is 0 Å². The zero-order valence-electron chi connectivity index (χ0n) is 18.4. The van der Waals surface area contributed by atoms with E-state index in [1.165, 1.54) is 4.90 Å². The molecule has 0 aliphatic carbocycles. The van der Waals surface area contributed by atoms with Crippen molar-refractivity contribution in [2.45, 2.75) is 65.7 Å². The Hall–Kier alpha value is -0.290. The first-order chi connectivity index (χ1) is 13.2. The van der Waals surface area contributed by atoms with Crippen molar-refractivity contribution < 1.29 is 17.9 Å². The van der Waals surface area contributed by atoms with Crippen LogP contribution < -0.4 is 10.6 Å². The third-order valence-corrected chi connectivity index (χ3v) is 5.11. The van der Waals surface area contributed by atoms with Crippen LogP contribution in [0.15, 0.2) is 4.99 Å². The van der Waals surface area contributed by atoms with Crippen LogP contribution in [0.4, 0.5) is 13.2 Å². The number of halogens is 4. The number of rotatable bonds is 11. The molecule has 0 aromatic carbocycles. The summed E-state index contributed by atoms with van der Waals surface area (Å²) in [5.41, 5.74) is 0. The Morgan fingerprint density at radius 1 is 1.17 bits per heavy atom. The SMILES string of the molecule is CCNC(=NCCC1CCN(CC(F)(F)F)CC1)NCCC(OCC)C(C)C.I. The van der Waals surface area contributed by atoms with Gasteiger partial charge in [-0.3, -0.25) is 9.89 Å². The zero-order chi connectivity index (χ0) is 21.0. The fraction of sp³-hybridized carbons (Fsp3) is 0.950. The van der Waals surface area contributed by atoms with E-state index in [1.54, 1.807) is 0 Å². The van der Waals surface area contributed by atoms with Gasteiger partial charge in [0.25, 0.3) is 0 Å². The summed E-state index contributed by atoms with van der Waals surface area (Å²) in [6.07, 6.45) is -0.375. The molecule has 0 aromatic rings. The Balaban J connectivity index is 0.00000784. The van der Waals surface area contributed by atoms with Gasteiger partial charge >= 0.3 is 6.18 Å². The number of hydrogen-bond donors (Lipinski definition) is 2. The molecule has 1 aliphatic heterocycles. The predicted octanol–water partition coefficient (Wildman–Crippen LogP) is 4.28. The Morgan fingerprint density at radius 3 is 2.34 bits per heavy atom. The fourth-order valence-electron chi connectivity index (χ4n) is 3.54. The molecule has 0 bridgehead atoms. The average Bonchev–Trinajstić information content (AvgIpc) is 2.61. The van der Waals surface area contributed by atoms with E-state index in [2.05, 4.69) is 29.5 Å². The van der Waals surface area contributed by atoms with Gasteiger partial charge in [0.15, 0.2) is 5.96 Å². The molecule has 0 spiro atoms. The van der Waals surface area contributed by atoms with E-state index >= 15 is 0 Å². The third-order valence-electron chi connectivity index (χ3n) is 5.11. The molecule has 1 fully saturated rings. The molecule has 174 valence electrons. The van der Waals surface area contributed by atoms with Gasteiger partial charge in [-0.2, -0.15) is 13.2 Å². The molecule has 1 atom stereocenters. The van der Waals surface area contributed by atoms with Crippen molar-refractivity contribution in [3.05, 3.63) is 0 Å². The zero-order valence-corrected chi connectivity index (χ0v) is 20.7. The standard InChI is InChI=1S/C20H39F3N4O.HI/c1-5-24-19(26-12-8-18(16(3)4)28-6-2)25-11-7-17-9-13-27(14-10-17)15-20(21,22)23;/h16-18H,5-15H2,1-4H3,(H2,24,25,26);1H. The second-order valence-corrected chi connectivity index (χ2v) is 7.84. The van der Waals surface area contributed by atoms with E-state index in [0.29, 0.717) is 31.5 Å². The molecule has 5 nitrogen and oxygen atoms in total. The predicted molar refractivity (Wildman–Crippen MR) is 124 cm³/mol. The molecule has 1 unspecified atom stereocenters. The van der Waals surface area contributed by atoms with Crippen LogP contribution in [0, 0.1) is 11.8 Å². The summed E-state index contributed by atoms with van der Waals surface area (Å²) in [4.78, 5) is 6.14. The van der Waals surface area contributed by atoms with Gasteiger partial charge in [0.2, 0.25) is 0 Å². The van der Waals surface area contributed by atoms with Gasteiger partial charge in [-0.25, -0.2) is 0 Å². The Bertz CT molecular complexity index is 442. The van der Waals surface area contributed by atoms with Crippen LogP contribution >= 0.6 is 24.0 Å². The summed E-state index contributed by atoms with van der Waals surface area (Å²) >= 11 is 0. The van der Waals surface area contributed by atoms with Gasteiger partial charge in [-0.05, 0) is 64.5 Å². The number of hydrogen-bond acceptors (Lipinski definition) is 3. The normalized spacial score (nSPS) is 17.9. The minimum absolute atomic E-state index is 0. The highest BCUT2D eigenvalue weighted by molar-refractivity contribution is 14.0. The van der Waals surface area contributed by atoms with Crippen molar-refractivity contribution in [2.75, 3.05) is 45.9 Å². The van der Waals surface area contributed by atoms with E-state index in [9.17, 15) is 13.2 Å². The highest BCUT2D eigenvalue weighted by Crippen LogP contribution is 2.24. The summed E-state index contributed by atoms with van der Waals surface area (Å²) in [6.45, 7) is 11.7. The first-order valence-electron chi connectivity index (χ1n) is 10.7. The molecule has 0 aromatic heterocycles. The maximum atomic E-state index is 12.5. The van der Waals surface area contributed by atoms with Crippen LogP contribution in [-0.4, -0.2) is 69.0 Å². The van der Waals surface area contributed by atoms with Crippen molar-refractivity contribution in [3.63, 3.8) is 0 Å². The number of alkyl halides is 3. The number of guanidine groups is 1. The molecular formula is C20H40F3IN4O. The molecule has 1 heterocycles. The number of likely N-dealkylation sites (tertiary alicyclic amines) is 1. The molecule has 29 heavy (non-hydrogen) atoms. The van der Waals surface area contributed by atoms with E-state index in [4.69, 9.17) is 4.74 Å². The number of piperidine rings is 1. The quantitative estimate of drug-likeness (QED) is 0.235. The largest absolute Gasteiger partial charge is 0.401 e. The minimum atomic E-state index is -4.10. The first kappa shape index (κ1) is 28.7. The highest BCUT2D eigenvalue weighted by atomic mass is 127. The molecule has 1 aliphatic rings. The number of aliphatic imine (C=N–C) groups is 1. The van der Waals surface area contributed by atoms with Gasteiger partial charge in [0.05, 0.1) is 12.6 Å². The van der Waals surface area contributed by atoms with Crippen molar-refractivity contribution in [2.24, 2.45) is 16.8 Å². The van der Waals surface area contributed by atoms with E-state index in [-0.39, 0.29) is 30.1 Å². The topological polar surface area (TPSA) is 48.9 Å². The molecule has 9 heteroatoms. The lowest BCUT2D eigenvalue weighted by Crippen LogP contribution is -2.40. The Kier molecular flexibility index (Phi) is 15.3. The van der Waals surface area contributed by atoms with Gasteiger partial charge in [-0.15, -0.1) is 24.0 Å². The lowest BCUT2D eigenvalue weighted by atomic mass is 9.93.